The molecule has 0 radical (unpaired) electrons. The number of unbranched alkanes of at least 4 members (excludes halogenated alkanes) is 8. The van der Waals surface area contributed by atoms with E-state index in [0.29, 0.717) is 11.2 Å². The highest BCUT2D eigenvalue weighted by Gasteiger charge is 2.59. The van der Waals surface area contributed by atoms with Gasteiger partial charge in [0.1, 0.15) is 17.6 Å². The Hall–Kier alpha value is -3.29. The highest BCUT2D eigenvalue weighted by molar-refractivity contribution is 6.02. The first-order valence-electron chi connectivity index (χ1n) is 13.5. The number of aliphatic hydroxyl groups excluding tert-OH is 2. The van der Waals surface area contributed by atoms with Crippen LogP contribution in [0.25, 0.3) is 0 Å². The van der Waals surface area contributed by atoms with Gasteiger partial charge in [-0.25, -0.2) is 9.59 Å². The molecular weight excluding hydrogens is 530 g/mol. The lowest BCUT2D eigenvalue weighted by Gasteiger charge is -2.21. The number of hydrogen-bond donors (Lipinski definition) is 3. The van der Waals surface area contributed by atoms with Crippen molar-refractivity contribution in [3.8, 4) is 0 Å². The van der Waals surface area contributed by atoms with Gasteiger partial charge in [-0.05, 0) is 24.6 Å². The number of carbonyl (C=O) groups excluding carboxylic acids is 2. The molecule has 3 heterocycles. The summed E-state index contributed by atoms with van der Waals surface area (Å²) >= 11 is 0. The molecule has 1 amide bonds. The average Bonchev–Trinajstić information content (AvgIpc) is 3.17. The maximum atomic E-state index is 14.3. The van der Waals surface area contributed by atoms with E-state index in [1.54, 1.807) is 0 Å². The summed E-state index contributed by atoms with van der Waals surface area (Å²) in [4.78, 5) is 44.6. The number of esters is 1. The second-order valence-electron chi connectivity index (χ2n) is 9.68. The zero-order chi connectivity index (χ0) is 29.1. The van der Waals surface area contributed by atoms with Crippen LogP contribution in [-0.2, 0) is 9.47 Å². The molecule has 220 valence electrons. The normalized spacial score (nSPS) is 19.9. The van der Waals surface area contributed by atoms with Gasteiger partial charge in [-0.3, -0.25) is 14.3 Å². The molecule has 0 saturated carbocycles. The molecule has 1 aliphatic rings. The van der Waals surface area contributed by atoms with Crippen molar-refractivity contribution in [1.29, 1.82) is 0 Å². The number of halogens is 2. The number of pyridine rings is 1. The fraction of sp³-hybridized carbons (Fsp3) is 0.593. The summed E-state index contributed by atoms with van der Waals surface area (Å²) in [6.45, 7) is 1.62. The molecule has 1 aliphatic heterocycles. The number of ether oxygens (including phenoxy) is 2. The minimum atomic E-state index is -3.86. The van der Waals surface area contributed by atoms with Crippen LogP contribution in [0.4, 0.5) is 14.6 Å². The van der Waals surface area contributed by atoms with E-state index in [9.17, 15) is 28.3 Å². The Bertz CT molecular complexity index is 1180. The van der Waals surface area contributed by atoms with Crippen LogP contribution in [0.1, 0.15) is 91.8 Å². The largest absolute Gasteiger partial charge is 0.462 e. The lowest BCUT2D eigenvalue weighted by molar-refractivity contribution is -0.140. The zero-order valence-corrected chi connectivity index (χ0v) is 22.4. The number of carbonyl (C=O) groups is 2. The molecule has 40 heavy (non-hydrogen) atoms. The maximum Gasteiger partial charge on any atom is 0.351 e. The van der Waals surface area contributed by atoms with E-state index in [0.717, 1.165) is 31.5 Å². The van der Waals surface area contributed by atoms with Gasteiger partial charge in [0.25, 0.3) is 5.91 Å². The molecule has 3 atom stereocenters. The Morgan fingerprint density at radius 3 is 2.35 bits per heavy atom. The molecule has 13 heteroatoms. The number of rotatable bonds is 15. The number of nitrogens with one attached hydrogen (secondary N) is 1. The molecule has 2 aromatic rings. The molecule has 11 nitrogen and oxygen atoms in total. The minimum absolute atomic E-state index is 0.0824. The van der Waals surface area contributed by atoms with E-state index < -0.39 is 48.5 Å². The molecule has 0 unspecified atom stereocenters. The number of amides is 1. The third-order valence-corrected chi connectivity index (χ3v) is 6.60. The van der Waals surface area contributed by atoms with Crippen molar-refractivity contribution < 1.29 is 38.1 Å². The SMILES string of the molecule is CCCCCCCCCCCOC(=O)c1ccc(C(=O)Nc2ccn([C@@H]3O[C@H](CO)[C@@H](O)C3(F)F)c(=O)n2)nc1. The molecule has 2 aromatic heterocycles. The number of hydrogen-bond acceptors (Lipinski definition) is 9. The van der Waals surface area contributed by atoms with Crippen LogP contribution in [-0.4, -0.2) is 68.0 Å². The molecule has 1 fully saturated rings. The maximum absolute atomic E-state index is 14.3. The number of anilines is 1. The highest BCUT2D eigenvalue weighted by Crippen LogP contribution is 2.41. The number of aliphatic hydroxyl groups is 2. The van der Waals surface area contributed by atoms with Gasteiger partial charge >= 0.3 is 17.6 Å². The van der Waals surface area contributed by atoms with E-state index in [1.165, 1.54) is 56.9 Å². The summed E-state index contributed by atoms with van der Waals surface area (Å²) in [5.74, 6) is -5.40. The Morgan fingerprint density at radius 2 is 1.77 bits per heavy atom. The summed E-state index contributed by atoms with van der Waals surface area (Å²) in [6, 6.07) is 3.78. The van der Waals surface area contributed by atoms with Crippen LogP contribution in [0, 0.1) is 0 Å². The fourth-order valence-corrected chi connectivity index (χ4v) is 4.27. The van der Waals surface area contributed by atoms with Crippen molar-refractivity contribution in [3.05, 3.63) is 52.3 Å². The molecule has 0 spiro atoms. The van der Waals surface area contributed by atoms with Crippen LogP contribution < -0.4 is 11.0 Å². The van der Waals surface area contributed by atoms with E-state index in [-0.39, 0.29) is 17.1 Å². The van der Waals surface area contributed by atoms with Gasteiger partial charge in [-0.1, -0.05) is 58.3 Å². The van der Waals surface area contributed by atoms with Crippen LogP contribution in [0.3, 0.4) is 0 Å². The molecule has 1 saturated heterocycles. The summed E-state index contributed by atoms with van der Waals surface area (Å²) in [5.41, 5.74) is -1.08. The van der Waals surface area contributed by atoms with Gasteiger partial charge in [-0.2, -0.15) is 13.8 Å². The first-order chi connectivity index (χ1) is 19.2. The van der Waals surface area contributed by atoms with Crippen molar-refractivity contribution in [3.63, 3.8) is 0 Å². The smallest absolute Gasteiger partial charge is 0.351 e. The molecule has 3 N–H and O–H groups in total. The second kappa shape index (κ2) is 14.9. The first kappa shape index (κ1) is 31.2. The highest BCUT2D eigenvalue weighted by atomic mass is 19.3. The fourth-order valence-electron chi connectivity index (χ4n) is 4.27. The van der Waals surface area contributed by atoms with E-state index >= 15 is 0 Å². The monoisotopic (exact) mass is 566 g/mol. The third kappa shape index (κ3) is 8.12. The molecule has 0 bridgehead atoms. The lowest BCUT2D eigenvalue weighted by atomic mass is 10.1. The van der Waals surface area contributed by atoms with Crippen LogP contribution >= 0.6 is 0 Å². The third-order valence-electron chi connectivity index (χ3n) is 6.60. The Morgan fingerprint density at radius 1 is 1.10 bits per heavy atom. The van der Waals surface area contributed by atoms with Crippen LogP contribution in [0.15, 0.2) is 35.4 Å². The predicted molar refractivity (Wildman–Crippen MR) is 140 cm³/mol. The van der Waals surface area contributed by atoms with E-state index in [4.69, 9.17) is 14.6 Å². The van der Waals surface area contributed by atoms with Gasteiger partial charge in [0, 0.05) is 12.4 Å². The Labute approximate surface area is 230 Å². The predicted octanol–water partition coefficient (Wildman–Crippen LogP) is 3.46. The molecule has 0 aliphatic carbocycles. The summed E-state index contributed by atoms with van der Waals surface area (Å²) in [5, 5.41) is 21.1. The first-order valence-corrected chi connectivity index (χ1v) is 13.5. The second-order valence-corrected chi connectivity index (χ2v) is 9.68. The van der Waals surface area contributed by atoms with E-state index in [1.807, 2.05) is 0 Å². The molecule has 3 rings (SSSR count). The molecule has 0 aromatic carbocycles. The van der Waals surface area contributed by atoms with Crippen molar-refractivity contribution in [2.75, 3.05) is 18.5 Å². The zero-order valence-electron chi connectivity index (χ0n) is 22.4. The van der Waals surface area contributed by atoms with E-state index in [2.05, 4.69) is 22.2 Å². The van der Waals surface area contributed by atoms with Crippen molar-refractivity contribution >= 4 is 17.7 Å². The summed E-state index contributed by atoms with van der Waals surface area (Å²) < 4.78 is 39.3. The Balaban J connectivity index is 1.46. The number of aromatic nitrogens is 3. The van der Waals surface area contributed by atoms with Crippen molar-refractivity contribution in [2.24, 2.45) is 0 Å². The van der Waals surface area contributed by atoms with Crippen molar-refractivity contribution in [1.82, 2.24) is 14.5 Å². The lowest BCUT2D eigenvalue weighted by Crippen LogP contribution is -2.41. The standard InChI is InChI=1S/C27H36F2N4O7/c1-2-3-4-5-6-7-8-9-10-15-39-24(37)18-11-12-19(30-16-18)23(36)31-21-13-14-33(26(38)32-21)25-27(28,29)22(35)20(17-34)40-25/h11-14,16,20,22,25,34-35H,2-10,15,17H2,1H3,(H,31,32,36,38)/t20-,22-,25-/m1/s1. The number of nitrogens with zero attached hydrogens (tertiary/aromatic N) is 3. The summed E-state index contributed by atoms with van der Waals surface area (Å²) in [6.07, 6.45) is 6.39. The average molecular weight is 567 g/mol. The Kier molecular flexibility index (Phi) is 11.6. The van der Waals surface area contributed by atoms with Gasteiger partial charge in [0.05, 0.1) is 18.8 Å². The van der Waals surface area contributed by atoms with Gasteiger partial charge in [0.15, 0.2) is 6.10 Å². The van der Waals surface area contributed by atoms with Crippen LogP contribution in [0.5, 0.6) is 0 Å². The van der Waals surface area contributed by atoms with Crippen molar-refractivity contribution in [2.45, 2.75) is 89.1 Å². The minimum Gasteiger partial charge on any atom is -0.462 e. The van der Waals surface area contributed by atoms with Crippen LogP contribution in [0.2, 0.25) is 0 Å². The molecular formula is C27H36F2N4O7. The van der Waals surface area contributed by atoms with Gasteiger partial charge in [0.2, 0.25) is 6.23 Å². The van der Waals surface area contributed by atoms with Gasteiger partial charge < -0.3 is 25.0 Å². The summed E-state index contributed by atoms with van der Waals surface area (Å²) in [7, 11) is 0. The number of alkyl halides is 2. The quantitative estimate of drug-likeness (QED) is 0.217. The van der Waals surface area contributed by atoms with Gasteiger partial charge in [-0.15, -0.1) is 0 Å². The topological polar surface area (TPSA) is 153 Å².